The van der Waals surface area contributed by atoms with Gasteiger partial charge in [-0.3, -0.25) is 10.1 Å². The molecule has 23 heavy (non-hydrogen) atoms. The molecule has 1 aromatic carbocycles. The van der Waals surface area contributed by atoms with Crippen LogP contribution < -0.4 is 5.32 Å². The van der Waals surface area contributed by atoms with Gasteiger partial charge in [0.05, 0.1) is 5.02 Å². The SMILES string of the molecule is CCc1nnc(NC(=O)/C(C#N)=C/c2c(Cl)ccc(C)c2F)s1. The first-order chi connectivity index (χ1) is 11.0. The molecule has 1 heterocycles. The van der Waals surface area contributed by atoms with Gasteiger partial charge in [-0.1, -0.05) is 35.9 Å². The van der Waals surface area contributed by atoms with Crippen LogP contribution in [0.15, 0.2) is 17.7 Å². The van der Waals surface area contributed by atoms with Gasteiger partial charge in [-0.25, -0.2) is 4.39 Å². The normalized spacial score (nSPS) is 11.2. The molecule has 1 amide bonds. The number of hydrogen-bond acceptors (Lipinski definition) is 5. The van der Waals surface area contributed by atoms with E-state index < -0.39 is 11.7 Å². The Kier molecular flexibility index (Phi) is 5.42. The van der Waals surface area contributed by atoms with Gasteiger partial charge in [0.25, 0.3) is 5.91 Å². The standard InChI is InChI=1S/C15H12ClFN4OS/c1-3-12-20-21-15(23-12)19-14(22)9(7-18)6-10-11(16)5-4-8(2)13(10)17/h4-6H,3H2,1-2H3,(H,19,21,22)/b9-6+. The third-order valence-corrected chi connectivity index (χ3v) is 4.28. The Hall–Kier alpha value is -2.30. The number of carbonyl (C=O) groups excluding carboxylic acids is 1. The third-order valence-electron chi connectivity index (χ3n) is 2.96. The summed E-state index contributed by atoms with van der Waals surface area (Å²) in [6, 6.07) is 4.78. The lowest BCUT2D eigenvalue weighted by Gasteiger charge is -2.05. The molecule has 2 rings (SSSR count). The van der Waals surface area contributed by atoms with Crippen LogP contribution in [0, 0.1) is 24.1 Å². The number of nitrogens with one attached hydrogen (secondary N) is 1. The van der Waals surface area contributed by atoms with Crippen molar-refractivity contribution in [2.45, 2.75) is 20.3 Å². The minimum absolute atomic E-state index is 0.00452. The van der Waals surface area contributed by atoms with Gasteiger partial charge in [0.15, 0.2) is 0 Å². The van der Waals surface area contributed by atoms with Crippen LogP contribution in [-0.2, 0) is 11.2 Å². The second-order valence-corrected chi connectivity index (χ2v) is 6.04. The Morgan fingerprint density at radius 2 is 2.26 bits per heavy atom. The van der Waals surface area contributed by atoms with E-state index in [1.807, 2.05) is 6.92 Å². The highest BCUT2D eigenvalue weighted by Gasteiger charge is 2.15. The summed E-state index contributed by atoms with van der Waals surface area (Å²) in [6.45, 7) is 3.48. The number of nitrogens with zero attached hydrogens (tertiary/aromatic N) is 3. The fourth-order valence-electron chi connectivity index (χ4n) is 1.72. The summed E-state index contributed by atoms with van der Waals surface area (Å²) in [5.41, 5.74) is 0.101. The molecule has 1 N–H and O–H groups in total. The van der Waals surface area contributed by atoms with Crippen LogP contribution in [0.5, 0.6) is 0 Å². The number of benzene rings is 1. The van der Waals surface area contributed by atoms with Crippen molar-refractivity contribution in [1.82, 2.24) is 10.2 Å². The van der Waals surface area contributed by atoms with Crippen molar-refractivity contribution in [3.8, 4) is 6.07 Å². The summed E-state index contributed by atoms with van der Waals surface area (Å²) >= 11 is 7.16. The molecular formula is C15H12ClFN4OS. The summed E-state index contributed by atoms with van der Waals surface area (Å²) in [5.74, 6) is -1.26. The van der Waals surface area contributed by atoms with E-state index in [-0.39, 0.29) is 21.3 Å². The van der Waals surface area contributed by atoms with E-state index in [1.165, 1.54) is 23.5 Å². The van der Waals surface area contributed by atoms with E-state index in [2.05, 4.69) is 15.5 Å². The van der Waals surface area contributed by atoms with Crippen LogP contribution in [0.3, 0.4) is 0 Å². The van der Waals surface area contributed by atoms with Crippen molar-refractivity contribution in [2.24, 2.45) is 0 Å². The highest BCUT2D eigenvalue weighted by atomic mass is 35.5. The van der Waals surface area contributed by atoms with Crippen LogP contribution in [-0.4, -0.2) is 16.1 Å². The van der Waals surface area contributed by atoms with Gasteiger partial charge in [0, 0.05) is 5.56 Å². The minimum atomic E-state index is -0.691. The van der Waals surface area contributed by atoms with Crippen LogP contribution in [0.1, 0.15) is 23.1 Å². The number of nitriles is 1. The van der Waals surface area contributed by atoms with Gasteiger partial charge < -0.3 is 0 Å². The molecule has 0 aliphatic carbocycles. The molecule has 5 nitrogen and oxygen atoms in total. The van der Waals surface area contributed by atoms with Crippen molar-refractivity contribution in [2.75, 3.05) is 5.32 Å². The first-order valence-corrected chi connectivity index (χ1v) is 7.85. The van der Waals surface area contributed by atoms with Crippen LogP contribution in [0.2, 0.25) is 5.02 Å². The van der Waals surface area contributed by atoms with Gasteiger partial charge in [0.1, 0.15) is 22.5 Å². The number of rotatable bonds is 4. The van der Waals surface area contributed by atoms with Gasteiger partial charge >= 0.3 is 0 Å². The van der Waals surface area contributed by atoms with E-state index in [1.54, 1.807) is 13.0 Å². The smallest absolute Gasteiger partial charge is 0.268 e. The van der Waals surface area contributed by atoms with E-state index in [0.717, 1.165) is 11.1 Å². The average molecular weight is 351 g/mol. The maximum absolute atomic E-state index is 14.1. The molecule has 0 aliphatic heterocycles. The zero-order valence-corrected chi connectivity index (χ0v) is 13.9. The fourth-order valence-corrected chi connectivity index (χ4v) is 2.59. The Morgan fingerprint density at radius 3 is 2.87 bits per heavy atom. The molecular weight excluding hydrogens is 339 g/mol. The number of halogens is 2. The van der Waals surface area contributed by atoms with Crippen molar-refractivity contribution >= 4 is 40.1 Å². The molecule has 2 aromatic rings. The zero-order chi connectivity index (χ0) is 17.0. The predicted molar refractivity (Wildman–Crippen MR) is 87.7 cm³/mol. The van der Waals surface area contributed by atoms with Gasteiger partial charge in [-0.2, -0.15) is 5.26 Å². The molecule has 0 spiro atoms. The largest absolute Gasteiger partial charge is 0.296 e. The molecule has 0 bridgehead atoms. The maximum Gasteiger partial charge on any atom is 0.268 e. The highest BCUT2D eigenvalue weighted by molar-refractivity contribution is 7.15. The molecule has 118 valence electrons. The maximum atomic E-state index is 14.1. The number of anilines is 1. The summed E-state index contributed by atoms with van der Waals surface area (Å²) in [6.07, 6.45) is 1.82. The Morgan fingerprint density at radius 1 is 1.52 bits per heavy atom. The number of hydrogen-bond donors (Lipinski definition) is 1. The first-order valence-electron chi connectivity index (χ1n) is 6.66. The summed E-state index contributed by atoms with van der Waals surface area (Å²) in [7, 11) is 0. The van der Waals surface area contributed by atoms with Crippen molar-refractivity contribution < 1.29 is 9.18 Å². The molecule has 0 aliphatic rings. The fraction of sp³-hybridized carbons (Fsp3) is 0.200. The van der Waals surface area contributed by atoms with Crippen LogP contribution in [0.4, 0.5) is 9.52 Å². The van der Waals surface area contributed by atoms with Crippen molar-refractivity contribution in [1.29, 1.82) is 5.26 Å². The molecule has 8 heteroatoms. The molecule has 0 saturated carbocycles. The minimum Gasteiger partial charge on any atom is -0.296 e. The number of amides is 1. The van der Waals surface area contributed by atoms with Crippen LogP contribution in [0.25, 0.3) is 6.08 Å². The lowest BCUT2D eigenvalue weighted by Crippen LogP contribution is -2.13. The monoisotopic (exact) mass is 350 g/mol. The molecule has 0 saturated heterocycles. The predicted octanol–water partition coefficient (Wildman–Crippen LogP) is 3.75. The van der Waals surface area contributed by atoms with Crippen molar-refractivity contribution in [3.63, 3.8) is 0 Å². The molecule has 1 aromatic heterocycles. The van der Waals surface area contributed by atoms with Gasteiger partial charge in [-0.15, -0.1) is 10.2 Å². The lowest BCUT2D eigenvalue weighted by molar-refractivity contribution is -0.112. The summed E-state index contributed by atoms with van der Waals surface area (Å²) in [4.78, 5) is 12.1. The summed E-state index contributed by atoms with van der Waals surface area (Å²) in [5, 5.41) is 20.5. The molecule has 0 fully saturated rings. The Balaban J connectivity index is 2.30. The lowest BCUT2D eigenvalue weighted by atomic mass is 10.1. The van der Waals surface area contributed by atoms with Crippen molar-refractivity contribution in [3.05, 3.63) is 44.7 Å². The number of aromatic nitrogens is 2. The number of aryl methyl sites for hydroxylation is 2. The van der Waals surface area contributed by atoms with Gasteiger partial charge in [-0.05, 0) is 31.1 Å². The molecule has 0 atom stereocenters. The zero-order valence-electron chi connectivity index (χ0n) is 12.4. The Labute approximate surface area is 141 Å². The molecule has 0 radical (unpaired) electrons. The first kappa shape index (κ1) is 17.1. The summed E-state index contributed by atoms with van der Waals surface area (Å²) < 4.78 is 14.1. The Bertz CT molecular complexity index is 825. The van der Waals surface area contributed by atoms with E-state index >= 15 is 0 Å². The second kappa shape index (κ2) is 7.31. The third kappa shape index (κ3) is 3.92. The number of carbonyl (C=O) groups is 1. The average Bonchev–Trinajstić information content (AvgIpc) is 2.99. The van der Waals surface area contributed by atoms with E-state index in [0.29, 0.717) is 12.0 Å². The van der Waals surface area contributed by atoms with Gasteiger partial charge in [0.2, 0.25) is 5.13 Å². The van der Waals surface area contributed by atoms with E-state index in [9.17, 15) is 9.18 Å². The van der Waals surface area contributed by atoms with Crippen LogP contribution >= 0.6 is 22.9 Å². The second-order valence-electron chi connectivity index (χ2n) is 4.57. The molecule has 0 unspecified atom stereocenters. The quantitative estimate of drug-likeness (QED) is 0.672. The topological polar surface area (TPSA) is 78.7 Å². The highest BCUT2D eigenvalue weighted by Crippen LogP contribution is 2.25. The van der Waals surface area contributed by atoms with E-state index in [4.69, 9.17) is 16.9 Å².